The van der Waals surface area contributed by atoms with Gasteiger partial charge in [0.2, 0.25) is 11.8 Å². The first kappa shape index (κ1) is 21.4. The molecule has 1 aliphatic carbocycles. The smallest absolute Gasteiger partial charge is 0.234 e. The predicted octanol–water partition coefficient (Wildman–Crippen LogP) is 4.08. The van der Waals surface area contributed by atoms with Crippen molar-refractivity contribution in [3.05, 3.63) is 29.8 Å². The molecule has 5 nitrogen and oxygen atoms in total. The van der Waals surface area contributed by atoms with Crippen LogP contribution in [0.4, 0.5) is 5.69 Å². The number of piperidine rings is 1. The number of hydrogen-bond donors (Lipinski definition) is 1. The van der Waals surface area contributed by atoms with Crippen molar-refractivity contribution in [2.45, 2.75) is 83.2 Å². The van der Waals surface area contributed by atoms with Gasteiger partial charge in [-0.1, -0.05) is 44.2 Å². The molecule has 2 saturated heterocycles. The Bertz CT molecular complexity index is 741. The molecule has 2 aliphatic heterocycles. The first-order valence-corrected chi connectivity index (χ1v) is 12.0. The highest BCUT2D eigenvalue weighted by Gasteiger charge is 2.31. The number of imide groups is 1. The van der Waals surface area contributed by atoms with Crippen molar-refractivity contribution < 1.29 is 9.59 Å². The molecule has 0 spiro atoms. The van der Waals surface area contributed by atoms with E-state index in [1.54, 1.807) is 0 Å². The summed E-state index contributed by atoms with van der Waals surface area (Å²) in [5.74, 6) is 0.424. The van der Waals surface area contributed by atoms with Crippen LogP contribution in [0.3, 0.4) is 0 Å². The Morgan fingerprint density at radius 2 is 1.67 bits per heavy atom. The first-order chi connectivity index (χ1) is 14.5. The molecule has 1 saturated carbocycles. The van der Waals surface area contributed by atoms with Crippen molar-refractivity contribution in [3.8, 4) is 0 Å². The van der Waals surface area contributed by atoms with Crippen LogP contribution >= 0.6 is 0 Å². The van der Waals surface area contributed by atoms with E-state index in [-0.39, 0.29) is 17.7 Å². The van der Waals surface area contributed by atoms with E-state index in [0.29, 0.717) is 24.9 Å². The average molecular weight is 412 g/mol. The van der Waals surface area contributed by atoms with Crippen LogP contribution in [0.2, 0.25) is 0 Å². The molecule has 0 bridgehead atoms. The van der Waals surface area contributed by atoms with E-state index >= 15 is 0 Å². The molecule has 3 atom stereocenters. The fourth-order valence-electron chi connectivity index (χ4n) is 5.60. The van der Waals surface area contributed by atoms with Gasteiger partial charge in [-0.3, -0.25) is 19.8 Å². The van der Waals surface area contributed by atoms with Gasteiger partial charge in [-0.05, 0) is 56.8 Å². The summed E-state index contributed by atoms with van der Waals surface area (Å²) in [6, 6.07) is 9.48. The summed E-state index contributed by atoms with van der Waals surface area (Å²) in [4.78, 5) is 28.7. The lowest BCUT2D eigenvalue weighted by molar-refractivity contribution is -0.134. The van der Waals surface area contributed by atoms with Crippen LogP contribution in [0.1, 0.15) is 76.7 Å². The maximum Gasteiger partial charge on any atom is 0.234 e. The number of hydrogen-bond acceptors (Lipinski definition) is 4. The summed E-state index contributed by atoms with van der Waals surface area (Å²) < 4.78 is 0. The van der Waals surface area contributed by atoms with E-state index in [9.17, 15) is 9.59 Å². The van der Waals surface area contributed by atoms with E-state index in [4.69, 9.17) is 0 Å². The third-order valence-electron chi connectivity index (χ3n) is 7.53. The molecule has 3 fully saturated rings. The van der Waals surface area contributed by atoms with Gasteiger partial charge in [0.15, 0.2) is 0 Å². The normalized spacial score (nSPS) is 29.1. The molecule has 1 unspecified atom stereocenters. The molecule has 1 N–H and O–H groups in total. The highest BCUT2D eigenvalue weighted by atomic mass is 16.2. The monoisotopic (exact) mass is 411 g/mol. The molecular weight excluding hydrogens is 374 g/mol. The van der Waals surface area contributed by atoms with E-state index < -0.39 is 0 Å². The standard InChI is InChI=1S/C25H37N3O2/c1-18-17-28(19(2)16-27(18)15-14-20-6-4-3-5-7-20)22-10-8-21(9-11-22)23-12-13-24(29)26-25(23)30/h8-11,18-20,23H,3-7,12-17H2,1-2H3,(H,26,29,30)/t18-,19+,23?/m1/s1. The zero-order valence-electron chi connectivity index (χ0n) is 18.6. The Balaban J connectivity index is 1.34. The number of carbonyl (C=O) groups excluding carboxylic acids is 2. The minimum absolute atomic E-state index is 0.156. The maximum atomic E-state index is 12.2. The zero-order valence-corrected chi connectivity index (χ0v) is 18.6. The number of carbonyl (C=O) groups is 2. The molecule has 2 amide bonds. The van der Waals surface area contributed by atoms with Gasteiger partial charge in [0.05, 0.1) is 5.92 Å². The topological polar surface area (TPSA) is 52.7 Å². The Labute approximate surface area is 181 Å². The van der Waals surface area contributed by atoms with Crippen molar-refractivity contribution >= 4 is 17.5 Å². The Hall–Kier alpha value is -1.88. The summed E-state index contributed by atoms with van der Waals surface area (Å²) in [6.07, 6.45) is 9.56. The predicted molar refractivity (Wildman–Crippen MR) is 121 cm³/mol. The van der Waals surface area contributed by atoms with Gasteiger partial charge in [-0.15, -0.1) is 0 Å². The van der Waals surface area contributed by atoms with Crippen LogP contribution in [-0.2, 0) is 9.59 Å². The molecule has 0 radical (unpaired) electrons. The molecule has 1 aromatic rings. The van der Waals surface area contributed by atoms with E-state index in [1.165, 1.54) is 50.8 Å². The van der Waals surface area contributed by atoms with Gasteiger partial charge in [0, 0.05) is 37.3 Å². The lowest BCUT2D eigenvalue weighted by atomic mass is 9.86. The number of nitrogens with one attached hydrogen (secondary N) is 1. The van der Waals surface area contributed by atoms with Crippen molar-refractivity contribution in [2.75, 3.05) is 24.5 Å². The second kappa shape index (κ2) is 9.51. The van der Waals surface area contributed by atoms with Gasteiger partial charge in [-0.25, -0.2) is 0 Å². The molecule has 2 heterocycles. The van der Waals surface area contributed by atoms with E-state index in [2.05, 4.69) is 53.2 Å². The van der Waals surface area contributed by atoms with Crippen LogP contribution in [0.5, 0.6) is 0 Å². The average Bonchev–Trinajstić information content (AvgIpc) is 2.75. The lowest BCUT2D eigenvalue weighted by Crippen LogP contribution is -2.56. The molecule has 1 aromatic carbocycles. The maximum absolute atomic E-state index is 12.2. The van der Waals surface area contributed by atoms with Gasteiger partial charge in [0.25, 0.3) is 0 Å². The van der Waals surface area contributed by atoms with Crippen LogP contribution in [-0.4, -0.2) is 48.4 Å². The number of rotatable bonds is 5. The van der Waals surface area contributed by atoms with E-state index in [1.807, 2.05) is 0 Å². The number of piperazine rings is 1. The molecule has 4 rings (SSSR count). The van der Waals surface area contributed by atoms with E-state index in [0.717, 1.165) is 24.6 Å². The number of anilines is 1. The van der Waals surface area contributed by atoms with Crippen molar-refractivity contribution in [1.29, 1.82) is 0 Å². The Kier molecular flexibility index (Phi) is 6.77. The third kappa shape index (κ3) is 4.88. The van der Waals surface area contributed by atoms with Gasteiger partial charge in [-0.2, -0.15) is 0 Å². The van der Waals surface area contributed by atoms with Gasteiger partial charge in [0.1, 0.15) is 0 Å². The Morgan fingerprint density at radius 3 is 2.37 bits per heavy atom. The van der Waals surface area contributed by atoms with Crippen LogP contribution < -0.4 is 10.2 Å². The molecule has 30 heavy (non-hydrogen) atoms. The lowest BCUT2D eigenvalue weighted by Gasteiger charge is -2.46. The SMILES string of the molecule is C[C@@H]1CN(c2ccc(C3CCC(=O)NC3=O)cc2)[C@@H](C)CN1CCC1CCCCC1. The second-order valence-corrected chi connectivity index (χ2v) is 9.73. The van der Waals surface area contributed by atoms with Gasteiger partial charge < -0.3 is 4.90 Å². The van der Waals surface area contributed by atoms with Crippen LogP contribution in [0.25, 0.3) is 0 Å². The number of amides is 2. The van der Waals surface area contributed by atoms with Crippen LogP contribution in [0.15, 0.2) is 24.3 Å². The number of benzene rings is 1. The summed E-state index contributed by atoms with van der Waals surface area (Å²) in [6.45, 7) is 8.08. The van der Waals surface area contributed by atoms with Crippen LogP contribution in [0, 0.1) is 5.92 Å². The summed E-state index contributed by atoms with van der Waals surface area (Å²) in [5, 5.41) is 2.47. The minimum atomic E-state index is -0.204. The molecule has 0 aromatic heterocycles. The first-order valence-electron chi connectivity index (χ1n) is 12.0. The second-order valence-electron chi connectivity index (χ2n) is 9.73. The minimum Gasteiger partial charge on any atom is -0.366 e. The Morgan fingerprint density at radius 1 is 0.933 bits per heavy atom. The van der Waals surface area contributed by atoms with Crippen molar-refractivity contribution in [2.24, 2.45) is 5.92 Å². The van der Waals surface area contributed by atoms with Crippen molar-refractivity contribution in [3.63, 3.8) is 0 Å². The van der Waals surface area contributed by atoms with Gasteiger partial charge >= 0.3 is 0 Å². The van der Waals surface area contributed by atoms with Crippen molar-refractivity contribution in [1.82, 2.24) is 10.2 Å². The zero-order chi connectivity index (χ0) is 21.1. The molecule has 164 valence electrons. The highest BCUT2D eigenvalue weighted by molar-refractivity contribution is 6.00. The third-order valence-corrected chi connectivity index (χ3v) is 7.53. The number of nitrogens with zero attached hydrogens (tertiary/aromatic N) is 2. The molecule has 5 heteroatoms. The molecule has 3 aliphatic rings. The summed E-state index contributed by atoms with van der Waals surface area (Å²) in [5.41, 5.74) is 2.24. The fourth-order valence-corrected chi connectivity index (χ4v) is 5.60. The fraction of sp³-hybridized carbons (Fsp3) is 0.680. The molecular formula is C25H37N3O2. The highest BCUT2D eigenvalue weighted by Crippen LogP contribution is 2.30. The summed E-state index contributed by atoms with van der Waals surface area (Å²) >= 11 is 0. The quantitative estimate of drug-likeness (QED) is 0.742. The summed E-state index contributed by atoms with van der Waals surface area (Å²) in [7, 11) is 0. The largest absolute Gasteiger partial charge is 0.366 e.